The minimum atomic E-state index is -4.79. The van der Waals surface area contributed by atoms with Crippen molar-refractivity contribution in [2.45, 2.75) is 19.1 Å². The highest BCUT2D eigenvalue weighted by molar-refractivity contribution is 9.10. The summed E-state index contributed by atoms with van der Waals surface area (Å²) in [6.45, 7) is 5.71. The minimum absolute atomic E-state index is 0.0892. The summed E-state index contributed by atoms with van der Waals surface area (Å²) in [5.74, 6) is 0.594. The molecule has 14 heteroatoms. The van der Waals surface area contributed by atoms with Gasteiger partial charge >= 0.3 is 6.18 Å². The lowest BCUT2D eigenvalue weighted by Crippen LogP contribution is -2.59. The highest BCUT2D eigenvalue weighted by atomic mass is 79.9. The summed E-state index contributed by atoms with van der Waals surface area (Å²) in [7, 11) is 0. The van der Waals surface area contributed by atoms with Crippen molar-refractivity contribution >= 4 is 33.5 Å². The Bertz CT molecular complexity index is 1070. The fourth-order valence-corrected chi connectivity index (χ4v) is 4.42. The lowest BCUT2D eigenvalue weighted by Gasteiger charge is -2.43. The van der Waals surface area contributed by atoms with E-state index in [1.807, 2.05) is 19.8 Å². The first-order valence-electron chi connectivity index (χ1n) is 10.8. The molecule has 2 aromatic heterocycles. The first-order chi connectivity index (χ1) is 16.1. The second kappa shape index (κ2) is 9.86. The smallest absolute Gasteiger partial charge is 0.379 e. The largest absolute Gasteiger partial charge is 0.423 e. The third-order valence-corrected chi connectivity index (χ3v) is 6.27. The number of nitrogens with one attached hydrogen (secondary N) is 2. The molecule has 0 aliphatic carbocycles. The maximum atomic E-state index is 13.2. The van der Waals surface area contributed by atoms with Crippen LogP contribution in [0.5, 0.6) is 0 Å². The molecule has 0 radical (unpaired) electrons. The number of carbonyl (C=O) groups is 1. The van der Waals surface area contributed by atoms with E-state index in [9.17, 15) is 22.8 Å². The van der Waals surface area contributed by atoms with Gasteiger partial charge in [0.15, 0.2) is 0 Å². The molecular weight excluding hydrogens is 521 g/mol. The van der Waals surface area contributed by atoms with Crippen LogP contribution in [0, 0.1) is 5.92 Å². The Morgan fingerprint density at radius 1 is 1.21 bits per heavy atom. The topological polar surface area (TPSA) is 110 Å². The van der Waals surface area contributed by atoms with Crippen LogP contribution >= 0.6 is 15.9 Å². The molecule has 0 bridgehead atoms. The Hall–Kier alpha value is -2.74. The molecule has 2 aliphatic heterocycles. The number of piperazine rings is 1. The van der Waals surface area contributed by atoms with E-state index >= 15 is 0 Å². The summed E-state index contributed by atoms with van der Waals surface area (Å²) in [6, 6.07) is -0.379. The number of nitrogens with zero attached hydrogens (tertiary/aromatic N) is 6. The highest BCUT2D eigenvalue weighted by Crippen LogP contribution is 2.31. The number of anilines is 2. The van der Waals surface area contributed by atoms with Crippen LogP contribution in [0.2, 0.25) is 0 Å². The van der Waals surface area contributed by atoms with Gasteiger partial charge in [0, 0.05) is 64.2 Å². The van der Waals surface area contributed by atoms with Crippen molar-refractivity contribution in [1.29, 1.82) is 0 Å². The molecule has 4 heterocycles. The number of carbonyl (C=O) groups excluding carboxylic acids is 1. The van der Waals surface area contributed by atoms with Crippen molar-refractivity contribution < 1.29 is 18.0 Å². The zero-order chi connectivity index (χ0) is 24.5. The van der Waals surface area contributed by atoms with E-state index in [1.165, 1.54) is 0 Å². The van der Waals surface area contributed by atoms with Crippen molar-refractivity contribution in [2.24, 2.45) is 5.92 Å². The number of amides is 1. The first-order valence-corrected chi connectivity index (χ1v) is 11.6. The van der Waals surface area contributed by atoms with E-state index in [0.717, 1.165) is 10.7 Å². The van der Waals surface area contributed by atoms with Crippen LogP contribution < -0.4 is 15.8 Å². The zero-order valence-electron chi connectivity index (χ0n) is 18.3. The second-order valence-electron chi connectivity index (χ2n) is 8.46. The molecule has 2 fully saturated rings. The van der Waals surface area contributed by atoms with Gasteiger partial charge in [-0.3, -0.25) is 14.5 Å². The zero-order valence-corrected chi connectivity index (χ0v) is 19.9. The Kier molecular flexibility index (Phi) is 7.07. The first kappa shape index (κ1) is 24.4. The van der Waals surface area contributed by atoms with Gasteiger partial charge in [-0.2, -0.15) is 18.3 Å². The lowest BCUT2D eigenvalue weighted by molar-refractivity contribution is -0.141. The molecule has 0 aromatic carbocycles. The SMILES string of the molecule is C[C@@H](CN1CC(C(=O)N2CCN(c3ncc(Br)cn3)CC2)C1)Nc1cn[nH]c(=O)c1C(F)(F)F. The van der Waals surface area contributed by atoms with E-state index in [4.69, 9.17) is 0 Å². The fourth-order valence-electron chi connectivity index (χ4n) is 4.22. The van der Waals surface area contributed by atoms with Crippen molar-refractivity contribution in [1.82, 2.24) is 30.0 Å². The maximum Gasteiger partial charge on any atom is 0.423 e. The van der Waals surface area contributed by atoms with Crippen LogP contribution in [0.1, 0.15) is 12.5 Å². The molecule has 2 aromatic rings. The van der Waals surface area contributed by atoms with Crippen LogP contribution in [-0.4, -0.2) is 87.7 Å². The summed E-state index contributed by atoms with van der Waals surface area (Å²) in [6.07, 6.45) is -0.452. The van der Waals surface area contributed by atoms with Crippen molar-refractivity contribution in [3.63, 3.8) is 0 Å². The summed E-state index contributed by atoms with van der Waals surface area (Å²) in [4.78, 5) is 38.9. The van der Waals surface area contributed by atoms with Crippen molar-refractivity contribution in [3.8, 4) is 0 Å². The van der Waals surface area contributed by atoms with Gasteiger partial charge < -0.3 is 15.1 Å². The third kappa shape index (κ3) is 5.49. The molecular formula is C20H24BrF3N8O2. The molecule has 0 unspecified atom stereocenters. The lowest BCUT2D eigenvalue weighted by atomic mass is 9.97. The molecule has 10 nitrogen and oxygen atoms in total. The third-order valence-electron chi connectivity index (χ3n) is 5.86. The van der Waals surface area contributed by atoms with Crippen molar-refractivity contribution in [2.75, 3.05) is 56.0 Å². The quantitative estimate of drug-likeness (QED) is 0.561. The normalized spacial score (nSPS) is 18.5. The number of likely N-dealkylation sites (tertiary alicyclic amines) is 1. The van der Waals surface area contributed by atoms with Crippen LogP contribution in [-0.2, 0) is 11.0 Å². The number of rotatable bonds is 6. The predicted octanol–water partition coefficient (Wildman–Crippen LogP) is 1.42. The number of hydrogen-bond donors (Lipinski definition) is 2. The summed E-state index contributed by atoms with van der Waals surface area (Å²) in [5, 5.41) is 8.01. The predicted molar refractivity (Wildman–Crippen MR) is 121 cm³/mol. The molecule has 34 heavy (non-hydrogen) atoms. The van der Waals surface area contributed by atoms with Crippen LogP contribution in [0.25, 0.3) is 0 Å². The van der Waals surface area contributed by atoms with E-state index in [1.54, 1.807) is 19.3 Å². The van der Waals surface area contributed by atoms with Gasteiger partial charge in [0.2, 0.25) is 11.9 Å². The Morgan fingerprint density at radius 2 is 1.85 bits per heavy atom. The van der Waals surface area contributed by atoms with Gasteiger partial charge in [0.25, 0.3) is 5.56 Å². The monoisotopic (exact) mass is 544 g/mol. The van der Waals surface area contributed by atoms with Gasteiger partial charge in [-0.1, -0.05) is 0 Å². The second-order valence-corrected chi connectivity index (χ2v) is 9.38. The van der Waals surface area contributed by atoms with Gasteiger partial charge in [-0.05, 0) is 22.9 Å². The maximum absolute atomic E-state index is 13.2. The Labute approximate surface area is 201 Å². The van der Waals surface area contributed by atoms with Gasteiger partial charge in [-0.15, -0.1) is 0 Å². The van der Waals surface area contributed by atoms with E-state index in [2.05, 4.69) is 36.3 Å². The molecule has 2 saturated heterocycles. The van der Waals surface area contributed by atoms with Crippen molar-refractivity contribution in [3.05, 3.63) is 39.0 Å². The van der Waals surface area contributed by atoms with E-state index in [0.29, 0.717) is 51.8 Å². The molecule has 184 valence electrons. The number of aromatic nitrogens is 4. The molecule has 1 atom stereocenters. The van der Waals surface area contributed by atoms with E-state index in [-0.39, 0.29) is 23.6 Å². The summed E-state index contributed by atoms with van der Waals surface area (Å²) in [5.41, 5.74) is -2.94. The summed E-state index contributed by atoms with van der Waals surface area (Å²) < 4.78 is 40.4. The average molecular weight is 545 g/mol. The minimum Gasteiger partial charge on any atom is -0.379 e. The van der Waals surface area contributed by atoms with Crippen LogP contribution in [0.3, 0.4) is 0 Å². The molecule has 0 spiro atoms. The molecule has 2 aliphatic rings. The standard InChI is InChI=1S/C20H24BrF3N8O2/c1-12(28-15-8-27-29-17(33)16(15)20(22,23)24)9-30-10-13(11-30)18(34)31-2-4-32(5-3-31)19-25-6-14(21)7-26-19/h6-8,12-13H,2-5,9-11H2,1H3,(H2,28,29,33)/t12-/m0/s1. The van der Waals surface area contributed by atoms with Crippen LogP contribution in [0.4, 0.5) is 24.8 Å². The molecule has 1 amide bonds. The highest BCUT2D eigenvalue weighted by Gasteiger charge is 2.39. The van der Waals surface area contributed by atoms with Gasteiger partial charge in [0.05, 0.1) is 22.3 Å². The Balaban J connectivity index is 1.23. The summed E-state index contributed by atoms with van der Waals surface area (Å²) >= 11 is 3.31. The molecule has 4 rings (SSSR count). The number of H-pyrrole nitrogens is 1. The number of hydrogen-bond acceptors (Lipinski definition) is 8. The number of aromatic amines is 1. The molecule has 2 N–H and O–H groups in total. The molecule has 0 saturated carbocycles. The number of alkyl halides is 3. The van der Waals surface area contributed by atoms with Gasteiger partial charge in [0.1, 0.15) is 5.56 Å². The van der Waals surface area contributed by atoms with Gasteiger partial charge in [-0.25, -0.2) is 15.1 Å². The fraction of sp³-hybridized carbons (Fsp3) is 0.550. The van der Waals surface area contributed by atoms with Crippen LogP contribution in [0.15, 0.2) is 27.9 Å². The Morgan fingerprint density at radius 3 is 2.47 bits per heavy atom. The average Bonchev–Trinajstić information content (AvgIpc) is 2.75. The van der Waals surface area contributed by atoms with E-state index < -0.39 is 17.3 Å². The number of halogens is 4.